The van der Waals surface area contributed by atoms with Crippen molar-refractivity contribution in [1.82, 2.24) is 4.90 Å². The number of hydrogen-bond acceptors (Lipinski definition) is 4. The van der Waals surface area contributed by atoms with E-state index in [2.05, 4.69) is 6.92 Å². The standard InChI is InChI=1S/C31H44N2O3.BrH/c1-8-11-21-17-33(29(32)24(21)14-20-12-9-10-13-22(20)19-34)18-27(35)23-15-25(30(2,3)4)28(36)26(16-23)31(5,6)7;/h9-10,12-13,15-16,21,24,32,34,36H,8,11,14,17-19H2,1-7H3;1H. The molecule has 3 rings (SSSR count). The highest BCUT2D eigenvalue weighted by atomic mass is 79.9. The third-order valence-electron chi connectivity index (χ3n) is 7.49. The topological polar surface area (TPSA) is 84.6 Å². The lowest BCUT2D eigenvalue weighted by Crippen LogP contribution is -2.33. The first-order valence-corrected chi connectivity index (χ1v) is 13.2. The van der Waals surface area contributed by atoms with E-state index in [1.165, 1.54) is 0 Å². The van der Waals surface area contributed by atoms with Crippen LogP contribution in [0.3, 0.4) is 0 Å². The highest BCUT2D eigenvalue weighted by Crippen LogP contribution is 2.40. The number of benzene rings is 2. The maximum absolute atomic E-state index is 13.6. The number of carbonyl (C=O) groups is 1. The van der Waals surface area contributed by atoms with Gasteiger partial charge in [0, 0.05) is 29.2 Å². The zero-order valence-corrected chi connectivity index (χ0v) is 25.2. The van der Waals surface area contributed by atoms with E-state index in [4.69, 9.17) is 5.41 Å². The summed E-state index contributed by atoms with van der Waals surface area (Å²) in [6.45, 7) is 15.3. The van der Waals surface area contributed by atoms with Gasteiger partial charge in [-0.1, -0.05) is 79.2 Å². The van der Waals surface area contributed by atoms with Gasteiger partial charge < -0.3 is 15.1 Å². The predicted molar refractivity (Wildman–Crippen MR) is 157 cm³/mol. The van der Waals surface area contributed by atoms with Crippen LogP contribution in [0, 0.1) is 17.2 Å². The molecule has 0 aliphatic carbocycles. The van der Waals surface area contributed by atoms with E-state index in [0.717, 1.165) is 35.1 Å². The first kappa shape index (κ1) is 31.0. The molecule has 2 unspecified atom stereocenters. The van der Waals surface area contributed by atoms with Gasteiger partial charge in [-0.2, -0.15) is 0 Å². The fraction of sp³-hybridized carbons (Fsp3) is 0.548. The molecule has 6 heteroatoms. The van der Waals surface area contributed by atoms with E-state index in [-0.39, 0.29) is 58.4 Å². The molecule has 0 aromatic heterocycles. The summed E-state index contributed by atoms with van der Waals surface area (Å²) in [5.41, 5.74) is 3.51. The Kier molecular flexibility index (Phi) is 10.2. The van der Waals surface area contributed by atoms with Gasteiger partial charge in [-0.15, -0.1) is 17.0 Å². The summed E-state index contributed by atoms with van der Waals surface area (Å²) in [5.74, 6) is 1.09. The van der Waals surface area contributed by atoms with E-state index in [9.17, 15) is 15.0 Å². The first-order valence-electron chi connectivity index (χ1n) is 13.2. The van der Waals surface area contributed by atoms with Crippen LogP contribution in [0.1, 0.15) is 93.9 Å². The summed E-state index contributed by atoms with van der Waals surface area (Å²) >= 11 is 0. The molecule has 0 saturated carbocycles. The summed E-state index contributed by atoms with van der Waals surface area (Å²) < 4.78 is 0. The number of ketones is 1. The van der Waals surface area contributed by atoms with Crippen LogP contribution in [0.5, 0.6) is 5.75 Å². The Labute approximate surface area is 233 Å². The maximum atomic E-state index is 13.6. The zero-order valence-electron chi connectivity index (χ0n) is 23.5. The molecule has 3 N–H and O–H groups in total. The molecule has 37 heavy (non-hydrogen) atoms. The number of phenolic OH excluding ortho intramolecular Hbond substituents is 1. The smallest absolute Gasteiger partial charge is 0.182 e. The van der Waals surface area contributed by atoms with Crippen molar-refractivity contribution in [2.45, 2.75) is 85.2 Å². The van der Waals surface area contributed by atoms with Crippen LogP contribution < -0.4 is 0 Å². The van der Waals surface area contributed by atoms with Crippen LogP contribution >= 0.6 is 17.0 Å². The lowest BCUT2D eigenvalue weighted by atomic mass is 9.78. The van der Waals surface area contributed by atoms with E-state index < -0.39 is 0 Å². The molecule has 0 bridgehead atoms. The molecule has 5 nitrogen and oxygen atoms in total. The van der Waals surface area contributed by atoms with E-state index in [1.54, 1.807) is 0 Å². The van der Waals surface area contributed by atoms with Gasteiger partial charge in [-0.25, -0.2) is 0 Å². The second kappa shape index (κ2) is 12.1. The van der Waals surface area contributed by atoms with Crippen molar-refractivity contribution in [3.05, 3.63) is 64.2 Å². The normalized spacial score (nSPS) is 18.2. The monoisotopic (exact) mass is 572 g/mol. The van der Waals surface area contributed by atoms with E-state index >= 15 is 0 Å². The number of hydrogen-bond donors (Lipinski definition) is 3. The van der Waals surface area contributed by atoms with Crippen molar-refractivity contribution in [1.29, 1.82) is 5.41 Å². The number of rotatable bonds is 8. The number of carbonyl (C=O) groups excluding carboxylic acids is 1. The minimum Gasteiger partial charge on any atom is -0.507 e. The molecular weight excluding hydrogens is 528 g/mol. The van der Waals surface area contributed by atoms with Gasteiger partial charge in [0.1, 0.15) is 11.6 Å². The molecule has 1 aliphatic rings. The van der Waals surface area contributed by atoms with E-state index in [1.807, 2.05) is 82.8 Å². The Balaban J connectivity index is 0.00000481. The van der Waals surface area contributed by atoms with Crippen molar-refractivity contribution in [3.8, 4) is 5.75 Å². The SMILES string of the molecule is Br.CCCC1CN(CC(=O)c2cc(C(C)(C)C)c(O)c(C(C)(C)C)c2)C(=N)C1Cc1ccccc1CO. The number of phenols is 1. The molecule has 0 amide bonds. The summed E-state index contributed by atoms with van der Waals surface area (Å²) in [6, 6.07) is 11.6. The fourth-order valence-electron chi connectivity index (χ4n) is 5.39. The van der Waals surface area contributed by atoms with Crippen molar-refractivity contribution >= 4 is 28.6 Å². The average molecular weight is 574 g/mol. The van der Waals surface area contributed by atoms with Crippen LogP contribution in [0.4, 0.5) is 0 Å². The average Bonchev–Trinajstić information content (AvgIpc) is 3.07. The zero-order chi connectivity index (χ0) is 26.8. The lowest BCUT2D eigenvalue weighted by molar-refractivity contribution is 0.0963. The van der Waals surface area contributed by atoms with Crippen LogP contribution in [0.15, 0.2) is 36.4 Å². The number of amidine groups is 1. The molecule has 2 aromatic rings. The Bertz CT molecular complexity index is 1080. The third-order valence-corrected chi connectivity index (χ3v) is 7.49. The molecule has 204 valence electrons. The number of Topliss-reactive ketones (excluding diaryl/α,β-unsaturated/α-hetero) is 1. The Morgan fingerprint density at radius 1 is 1.03 bits per heavy atom. The highest BCUT2D eigenvalue weighted by Gasteiger charge is 2.38. The number of aliphatic hydroxyl groups excluding tert-OH is 1. The second-order valence-electron chi connectivity index (χ2n) is 12.4. The van der Waals surface area contributed by atoms with Gasteiger partial charge in [-0.3, -0.25) is 10.2 Å². The molecule has 2 aromatic carbocycles. The van der Waals surface area contributed by atoms with Crippen LogP contribution in [0.2, 0.25) is 0 Å². The first-order chi connectivity index (χ1) is 16.8. The van der Waals surface area contributed by atoms with Crippen molar-refractivity contribution in [2.24, 2.45) is 11.8 Å². The minimum atomic E-state index is -0.307. The highest BCUT2D eigenvalue weighted by molar-refractivity contribution is 8.93. The fourth-order valence-corrected chi connectivity index (χ4v) is 5.39. The number of aromatic hydroxyl groups is 1. The van der Waals surface area contributed by atoms with Crippen LogP contribution in [-0.2, 0) is 23.9 Å². The number of halogens is 1. The number of nitrogens with one attached hydrogen (secondary N) is 1. The van der Waals surface area contributed by atoms with Crippen LogP contribution in [-0.4, -0.2) is 39.8 Å². The molecule has 1 aliphatic heterocycles. The quantitative estimate of drug-likeness (QED) is 0.303. The largest absolute Gasteiger partial charge is 0.507 e. The van der Waals surface area contributed by atoms with Crippen molar-refractivity contribution in [3.63, 3.8) is 0 Å². The van der Waals surface area contributed by atoms with Crippen LogP contribution in [0.25, 0.3) is 0 Å². The lowest BCUT2D eigenvalue weighted by Gasteiger charge is -2.28. The van der Waals surface area contributed by atoms with Gasteiger partial charge in [0.05, 0.1) is 13.2 Å². The Morgan fingerprint density at radius 3 is 2.05 bits per heavy atom. The van der Waals surface area contributed by atoms with Crippen molar-refractivity contribution < 1.29 is 15.0 Å². The summed E-state index contributed by atoms with van der Waals surface area (Å²) in [4.78, 5) is 15.5. The van der Waals surface area contributed by atoms with Gasteiger partial charge in [-0.05, 0) is 52.8 Å². The third kappa shape index (κ3) is 7.02. The molecule has 1 heterocycles. The molecular formula is C31H45BrN2O3. The molecule has 2 atom stereocenters. The summed E-state index contributed by atoms with van der Waals surface area (Å²) in [5, 5.41) is 29.8. The molecule has 1 fully saturated rings. The predicted octanol–water partition coefficient (Wildman–Crippen LogP) is 6.81. The van der Waals surface area contributed by atoms with Gasteiger partial charge in [0.15, 0.2) is 5.78 Å². The Hall–Kier alpha value is -2.18. The molecule has 1 saturated heterocycles. The minimum absolute atomic E-state index is 0. The second-order valence-corrected chi connectivity index (χ2v) is 12.4. The van der Waals surface area contributed by atoms with E-state index in [0.29, 0.717) is 30.3 Å². The Morgan fingerprint density at radius 2 is 1.57 bits per heavy atom. The number of nitrogens with zero attached hydrogens (tertiary/aromatic N) is 1. The summed E-state index contributed by atoms with van der Waals surface area (Å²) in [6.07, 6.45) is 2.73. The molecule has 0 spiro atoms. The summed E-state index contributed by atoms with van der Waals surface area (Å²) in [7, 11) is 0. The van der Waals surface area contributed by atoms with Gasteiger partial charge >= 0.3 is 0 Å². The molecule has 0 radical (unpaired) electrons. The van der Waals surface area contributed by atoms with Gasteiger partial charge in [0.2, 0.25) is 0 Å². The van der Waals surface area contributed by atoms with Gasteiger partial charge in [0.25, 0.3) is 0 Å². The number of likely N-dealkylation sites (tertiary alicyclic amines) is 1. The maximum Gasteiger partial charge on any atom is 0.182 e. The number of aliphatic hydroxyl groups is 1. The van der Waals surface area contributed by atoms with Crippen molar-refractivity contribution in [2.75, 3.05) is 13.1 Å².